The second kappa shape index (κ2) is 16.1. The van der Waals surface area contributed by atoms with Crippen LogP contribution in [0.4, 0.5) is 0 Å². The average Bonchev–Trinajstić information content (AvgIpc) is 2.88. The van der Waals surface area contributed by atoms with Crippen LogP contribution in [0.25, 0.3) is 11.3 Å². The summed E-state index contributed by atoms with van der Waals surface area (Å²) in [7, 11) is 0. The minimum absolute atomic E-state index is 0.949. The number of hydrogen-bond acceptors (Lipinski definition) is 1. The van der Waals surface area contributed by atoms with Gasteiger partial charge in [-0.3, -0.25) is 4.98 Å². The lowest BCUT2D eigenvalue weighted by Crippen LogP contribution is -2.16. The van der Waals surface area contributed by atoms with E-state index in [1.165, 1.54) is 126 Å². The van der Waals surface area contributed by atoms with E-state index in [1.54, 1.807) is 0 Å². The van der Waals surface area contributed by atoms with Crippen LogP contribution in [0.15, 0.2) is 42.6 Å². The third-order valence-electron chi connectivity index (χ3n) is 8.09. The van der Waals surface area contributed by atoms with Crippen LogP contribution in [0.3, 0.4) is 0 Å². The summed E-state index contributed by atoms with van der Waals surface area (Å²) in [6, 6.07) is 13.7. The highest BCUT2D eigenvalue weighted by atomic mass is 14.7. The van der Waals surface area contributed by atoms with Crippen molar-refractivity contribution in [2.45, 2.75) is 129 Å². The fourth-order valence-electron chi connectivity index (χ4n) is 5.85. The molecule has 2 unspecified atom stereocenters. The van der Waals surface area contributed by atoms with Crippen molar-refractivity contribution in [1.82, 2.24) is 4.98 Å². The molecule has 1 aromatic carbocycles. The smallest absolute Gasteiger partial charge is 0.0702 e. The van der Waals surface area contributed by atoms with E-state index in [-0.39, 0.29) is 0 Å². The van der Waals surface area contributed by atoms with Gasteiger partial charge in [-0.05, 0) is 61.1 Å². The Labute approximate surface area is 211 Å². The second-order valence-electron chi connectivity index (χ2n) is 11.1. The third kappa shape index (κ3) is 9.93. The predicted molar refractivity (Wildman–Crippen MR) is 149 cm³/mol. The summed E-state index contributed by atoms with van der Waals surface area (Å²) in [5, 5.41) is 0. The minimum Gasteiger partial charge on any atom is -0.256 e. The largest absolute Gasteiger partial charge is 0.256 e. The number of unbranched alkanes of at least 4 members (excludes halogenated alkanes) is 8. The minimum atomic E-state index is 0.949. The van der Waals surface area contributed by atoms with E-state index in [4.69, 9.17) is 4.98 Å². The van der Waals surface area contributed by atoms with Crippen LogP contribution in [0, 0.1) is 11.8 Å². The van der Waals surface area contributed by atoms with Gasteiger partial charge in [-0.15, -0.1) is 0 Å². The van der Waals surface area contributed by atoms with Crippen LogP contribution < -0.4 is 0 Å². The molecule has 1 aromatic heterocycles. The topological polar surface area (TPSA) is 12.9 Å². The molecule has 188 valence electrons. The molecule has 2 atom stereocenters. The number of aromatic nitrogens is 1. The predicted octanol–water partition coefficient (Wildman–Crippen LogP) is 10.4. The number of benzene rings is 1. The van der Waals surface area contributed by atoms with Crippen LogP contribution in [-0.4, -0.2) is 4.98 Å². The molecule has 0 bridgehead atoms. The first kappa shape index (κ1) is 27.0. The zero-order valence-electron chi connectivity index (χ0n) is 22.4. The van der Waals surface area contributed by atoms with Gasteiger partial charge >= 0.3 is 0 Å². The normalized spacial score (nSPS) is 18.3. The highest BCUT2D eigenvalue weighted by Crippen LogP contribution is 2.35. The quantitative estimate of drug-likeness (QED) is 0.226. The second-order valence-corrected chi connectivity index (χ2v) is 11.1. The summed E-state index contributed by atoms with van der Waals surface area (Å²) < 4.78 is 0. The monoisotopic (exact) mass is 461 g/mol. The molecule has 0 aliphatic heterocycles. The van der Waals surface area contributed by atoms with Crippen molar-refractivity contribution in [3.8, 4) is 11.3 Å². The molecule has 1 aliphatic carbocycles. The molecule has 0 radical (unpaired) electrons. The van der Waals surface area contributed by atoms with Crippen molar-refractivity contribution in [3.63, 3.8) is 0 Å². The van der Waals surface area contributed by atoms with Gasteiger partial charge in [0, 0.05) is 11.8 Å². The lowest BCUT2D eigenvalue weighted by molar-refractivity contribution is 0.239. The standard InChI is InChI=1S/C33H51N/c1-3-5-7-9-10-12-14-29-16-13-17-30(26-29)19-18-28-20-23-32(24-21-28)33-25-22-31(27-34-33)15-11-8-6-4-2/h20-25,27,29-30H,3-19,26H2,1-2H3. The fourth-order valence-corrected chi connectivity index (χ4v) is 5.85. The van der Waals surface area contributed by atoms with Crippen LogP contribution in [-0.2, 0) is 12.8 Å². The third-order valence-corrected chi connectivity index (χ3v) is 8.09. The first-order valence-corrected chi connectivity index (χ1v) is 14.8. The highest BCUT2D eigenvalue weighted by Gasteiger charge is 2.21. The molecule has 1 heterocycles. The van der Waals surface area contributed by atoms with Crippen molar-refractivity contribution in [2.75, 3.05) is 0 Å². The molecule has 0 spiro atoms. The van der Waals surface area contributed by atoms with E-state index < -0.39 is 0 Å². The Hall–Kier alpha value is -1.63. The maximum absolute atomic E-state index is 4.75. The van der Waals surface area contributed by atoms with Gasteiger partial charge in [-0.1, -0.05) is 128 Å². The Bertz CT molecular complexity index is 760. The van der Waals surface area contributed by atoms with E-state index in [9.17, 15) is 0 Å². The van der Waals surface area contributed by atoms with Crippen LogP contribution in [0.1, 0.15) is 128 Å². The van der Waals surface area contributed by atoms with Crippen molar-refractivity contribution in [2.24, 2.45) is 11.8 Å². The molecule has 2 aromatic rings. The van der Waals surface area contributed by atoms with Crippen molar-refractivity contribution in [3.05, 3.63) is 53.7 Å². The van der Waals surface area contributed by atoms with Crippen LogP contribution >= 0.6 is 0 Å². The van der Waals surface area contributed by atoms with Crippen molar-refractivity contribution < 1.29 is 0 Å². The van der Waals surface area contributed by atoms with Gasteiger partial charge < -0.3 is 0 Å². The number of hydrogen-bond donors (Lipinski definition) is 0. The van der Waals surface area contributed by atoms with E-state index in [0.717, 1.165) is 24.0 Å². The number of rotatable bonds is 16. The average molecular weight is 462 g/mol. The Balaban J connectivity index is 1.37. The maximum atomic E-state index is 4.75. The summed E-state index contributed by atoms with van der Waals surface area (Å²) >= 11 is 0. The number of pyridine rings is 1. The van der Waals surface area contributed by atoms with Gasteiger partial charge in [0.2, 0.25) is 0 Å². The van der Waals surface area contributed by atoms with Crippen molar-refractivity contribution >= 4 is 0 Å². The van der Waals surface area contributed by atoms with Crippen molar-refractivity contribution in [1.29, 1.82) is 0 Å². The summed E-state index contributed by atoms with van der Waals surface area (Å²) in [5.41, 5.74) is 5.22. The Morgan fingerprint density at radius 2 is 1.29 bits per heavy atom. The van der Waals surface area contributed by atoms with E-state index >= 15 is 0 Å². The van der Waals surface area contributed by atoms with Crippen LogP contribution in [0.2, 0.25) is 0 Å². The van der Waals surface area contributed by atoms with E-state index in [1.807, 2.05) is 0 Å². The maximum Gasteiger partial charge on any atom is 0.0702 e. The first-order chi connectivity index (χ1) is 16.8. The number of nitrogens with zero attached hydrogens (tertiary/aromatic N) is 1. The van der Waals surface area contributed by atoms with Gasteiger partial charge in [-0.25, -0.2) is 0 Å². The summed E-state index contributed by atoms with van der Waals surface area (Å²) in [5.74, 6) is 1.96. The Morgan fingerprint density at radius 3 is 2.00 bits per heavy atom. The molecule has 34 heavy (non-hydrogen) atoms. The lowest BCUT2D eigenvalue weighted by Gasteiger charge is -2.29. The fraction of sp³-hybridized carbons (Fsp3) is 0.667. The zero-order chi connectivity index (χ0) is 23.8. The summed E-state index contributed by atoms with van der Waals surface area (Å²) in [4.78, 5) is 4.75. The van der Waals surface area contributed by atoms with Crippen LogP contribution in [0.5, 0.6) is 0 Å². The SMILES string of the molecule is CCCCCCCCC1CCCC(CCc2ccc(-c3ccc(CCCCCC)cn3)cc2)C1. The molecular formula is C33H51N. The first-order valence-electron chi connectivity index (χ1n) is 14.8. The molecule has 0 amide bonds. The summed E-state index contributed by atoms with van der Waals surface area (Å²) in [6.45, 7) is 4.58. The molecule has 0 N–H and O–H groups in total. The molecule has 3 rings (SSSR count). The van der Waals surface area contributed by atoms with Gasteiger partial charge in [0.05, 0.1) is 5.69 Å². The van der Waals surface area contributed by atoms with E-state index in [0.29, 0.717) is 0 Å². The Morgan fingerprint density at radius 1 is 0.647 bits per heavy atom. The summed E-state index contributed by atoms with van der Waals surface area (Å²) in [6.07, 6.45) is 27.1. The number of aryl methyl sites for hydroxylation is 2. The van der Waals surface area contributed by atoms with Gasteiger partial charge in [0.15, 0.2) is 0 Å². The molecule has 1 fully saturated rings. The van der Waals surface area contributed by atoms with E-state index in [2.05, 4.69) is 56.4 Å². The molecular weight excluding hydrogens is 410 g/mol. The molecule has 1 aliphatic rings. The molecule has 0 saturated heterocycles. The lowest BCUT2D eigenvalue weighted by atomic mass is 9.77. The molecule has 1 nitrogen and oxygen atoms in total. The molecule has 1 saturated carbocycles. The van der Waals surface area contributed by atoms with Gasteiger partial charge in [0.1, 0.15) is 0 Å². The molecule has 1 heteroatoms. The zero-order valence-corrected chi connectivity index (χ0v) is 22.4. The highest BCUT2D eigenvalue weighted by molar-refractivity contribution is 5.59. The Kier molecular flexibility index (Phi) is 12.8. The van der Waals surface area contributed by atoms with Gasteiger partial charge in [0.25, 0.3) is 0 Å². The van der Waals surface area contributed by atoms with Gasteiger partial charge in [-0.2, -0.15) is 0 Å².